The molecule has 0 amide bonds. The molecular weight excluding hydrogens is 350 g/mol. The highest BCUT2D eigenvalue weighted by atomic mass is 16.5. The predicted molar refractivity (Wildman–Crippen MR) is 100 cm³/mol. The van der Waals surface area contributed by atoms with Crippen LogP contribution in [-0.4, -0.2) is 46.5 Å². The van der Waals surface area contributed by atoms with E-state index in [0.717, 1.165) is 6.42 Å². The molecule has 0 aromatic heterocycles. The highest BCUT2D eigenvalue weighted by molar-refractivity contribution is 6.05. The van der Waals surface area contributed by atoms with Crippen LogP contribution in [0.15, 0.2) is 60.0 Å². The van der Waals surface area contributed by atoms with Crippen molar-refractivity contribution in [1.82, 2.24) is 0 Å². The van der Waals surface area contributed by atoms with Crippen LogP contribution in [0.25, 0.3) is 0 Å². The van der Waals surface area contributed by atoms with Gasteiger partial charge in [-0.25, -0.2) is 9.59 Å². The van der Waals surface area contributed by atoms with Crippen LogP contribution in [0.3, 0.4) is 0 Å². The van der Waals surface area contributed by atoms with Crippen molar-refractivity contribution < 1.29 is 28.5 Å². The number of carbonyl (C=O) groups excluding carboxylic acids is 2. The third kappa shape index (κ3) is 5.21. The summed E-state index contributed by atoms with van der Waals surface area (Å²) >= 11 is 0. The van der Waals surface area contributed by atoms with Crippen molar-refractivity contribution in [3.05, 3.63) is 60.0 Å². The van der Waals surface area contributed by atoms with Gasteiger partial charge in [-0.2, -0.15) is 0 Å². The highest BCUT2D eigenvalue weighted by Crippen LogP contribution is 2.27. The summed E-state index contributed by atoms with van der Waals surface area (Å²) in [6.07, 6.45) is 7.35. The molecule has 0 N–H and O–H groups in total. The normalized spacial score (nSPS) is 13.4. The van der Waals surface area contributed by atoms with Gasteiger partial charge in [0.25, 0.3) is 0 Å². The van der Waals surface area contributed by atoms with Crippen LogP contribution in [0, 0.1) is 0 Å². The van der Waals surface area contributed by atoms with E-state index in [4.69, 9.17) is 18.9 Å². The van der Waals surface area contributed by atoms with Crippen LogP contribution in [-0.2, 0) is 23.8 Å². The molecule has 7 heteroatoms. The molecule has 0 saturated carbocycles. The minimum absolute atomic E-state index is 0.0723. The number of methoxy groups -OCH3 is 3. The van der Waals surface area contributed by atoms with Crippen molar-refractivity contribution in [2.24, 2.45) is 0 Å². The van der Waals surface area contributed by atoms with Crippen LogP contribution in [0.2, 0.25) is 0 Å². The van der Waals surface area contributed by atoms with E-state index in [1.807, 2.05) is 0 Å². The second kappa shape index (κ2) is 10.2. The van der Waals surface area contributed by atoms with Crippen molar-refractivity contribution in [3.8, 4) is 5.75 Å². The lowest BCUT2D eigenvalue weighted by atomic mass is 10.1. The SMILES string of the molecule is COCCCOc1ccc(N2C=CC=CC(C(=O)OC)=C2C(=O)OC)cc1. The number of benzene rings is 1. The minimum Gasteiger partial charge on any atom is -0.494 e. The van der Waals surface area contributed by atoms with Gasteiger partial charge in [0, 0.05) is 32.0 Å². The summed E-state index contributed by atoms with van der Waals surface area (Å²) < 4.78 is 20.3. The summed E-state index contributed by atoms with van der Waals surface area (Å²) in [5, 5.41) is 0. The van der Waals surface area contributed by atoms with E-state index in [1.165, 1.54) is 20.3 Å². The molecule has 1 aliphatic heterocycles. The molecule has 144 valence electrons. The topological polar surface area (TPSA) is 74.3 Å². The van der Waals surface area contributed by atoms with E-state index in [2.05, 4.69) is 0 Å². The highest BCUT2D eigenvalue weighted by Gasteiger charge is 2.27. The fraction of sp³-hybridized carbons (Fsp3) is 0.300. The summed E-state index contributed by atoms with van der Waals surface area (Å²) in [6, 6.07) is 7.17. The maximum absolute atomic E-state index is 12.4. The Balaban J connectivity index is 2.31. The van der Waals surface area contributed by atoms with E-state index in [-0.39, 0.29) is 11.3 Å². The quantitative estimate of drug-likeness (QED) is 0.512. The van der Waals surface area contributed by atoms with Crippen molar-refractivity contribution >= 4 is 17.6 Å². The number of rotatable bonds is 8. The Hall–Kier alpha value is -3.06. The number of esters is 2. The van der Waals surface area contributed by atoms with E-state index in [1.54, 1.807) is 54.6 Å². The molecule has 0 saturated heterocycles. The summed E-state index contributed by atoms with van der Waals surface area (Å²) in [6.45, 7) is 1.17. The Bertz CT molecular complexity index is 748. The van der Waals surface area contributed by atoms with Gasteiger partial charge in [0.2, 0.25) is 0 Å². The minimum atomic E-state index is -0.647. The van der Waals surface area contributed by atoms with Crippen LogP contribution < -0.4 is 9.64 Å². The van der Waals surface area contributed by atoms with E-state index < -0.39 is 11.9 Å². The molecule has 0 aliphatic carbocycles. The zero-order chi connectivity index (χ0) is 19.6. The summed E-state index contributed by atoms with van der Waals surface area (Å²) in [5.41, 5.74) is 0.846. The smallest absolute Gasteiger partial charge is 0.355 e. The van der Waals surface area contributed by atoms with Gasteiger partial charge in [-0.05, 0) is 36.4 Å². The lowest BCUT2D eigenvalue weighted by Crippen LogP contribution is -2.26. The van der Waals surface area contributed by atoms with Crippen molar-refractivity contribution in [3.63, 3.8) is 0 Å². The lowest BCUT2D eigenvalue weighted by molar-refractivity contribution is -0.139. The molecular formula is C20H23NO6. The molecule has 27 heavy (non-hydrogen) atoms. The van der Waals surface area contributed by atoms with E-state index >= 15 is 0 Å². The molecule has 2 rings (SSSR count). The molecule has 0 fully saturated rings. The molecule has 1 aliphatic rings. The Kier molecular flexibility index (Phi) is 7.63. The average molecular weight is 373 g/mol. The summed E-state index contributed by atoms with van der Waals surface area (Å²) in [4.78, 5) is 26.1. The van der Waals surface area contributed by atoms with Crippen molar-refractivity contribution in [1.29, 1.82) is 0 Å². The Morgan fingerprint density at radius 3 is 2.26 bits per heavy atom. The van der Waals surface area contributed by atoms with Gasteiger partial charge in [-0.1, -0.05) is 6.08 Å². The van der Waals surface area contributed by atoms with Crippen LogP contribution in [0.1, 0.15) is 6.42 Å². The Labute approximate surface area is 158 Å². The molecule has 0 radical (unpaired) electrons. The number of nitrogens with zero attached hydrogens (tertiary/aromatic N) is 1. The molecule has 1 heterocycles. The molecule has 7 nitrogen and oxygen atoms in total. The molecule has 1 aromatic carbocycles. The van der Waals surface area contributed by atoms with Crippen LogP contribution in [0.4, 0.5) is 5.69 Å². The molecule has 0 bridgehead atoms. The van der Waals surface area contributed by atoms with Crippen molar-refractivity contribution in [2.45, 2.75) is 6.42 Å². The first-order valence-corrected chi connectivity index (χ1v) is 8.39. The van der Waals surface area contributed by atoms with Crippen LogP contribution >= 0.6 is 0 Å². The second-order valence-corrected chi connectivity index (χ2v) is 5.50. The summed E-state index contributed by atoms with van der Waals surface area (Å²) in [7, 11) is 4.17. The lowest BCUT2D eigenvalue weighted by Gasteiger charge is -2.23. The third-order valence-corrected chi connectivity index (χ3v) is 3.77. The van der Waals surface area contributed by atoms with Crippen LogP contribution in [0.5, 0.6) is 5.75 Å². The number of hydrogen-bond donors (Lipinski definition) is 0. The largest absolute Gasteiger partial charge is 0.494 e. The van der Waals surface area contributed by atoms with Gasteiger partial charge in [0.15, 0.2) is 0 Å². The van der Waals surface area contributed by atoms with Crippen molar-refractivity contribution in [2.75, 3.05) is 39.4 Å². The maximum Gasteiger partial charge on any atom is 0.355 e. The van der Waals surface area contributed by atoms with Gasteiger partial charge in [0.05, 0.1) is 26.4 Å². The Morgan fingerprint density at radius 1 is 0.926 bits per heavy atom. The number of allylic oxidation sites excluding steroid dienone is 2. The Morgan fingerprint density at radius 2 is 1.63 bits per heavy atom. The number of hydrogen-bond acceptors (Lipinski definition) is 7. The van der Waals surface area contributed by atoms with Gasteiger partial charge >= 0.3 is 11.9 Å². The fourth-order valence-corrected chi connectivity index (χ4v) is 2.46. The first kappa shape index (κ1) is 20.3. The number of carbonyl (C=O) groups is 2. The standard InChI is InChI=1S/C20H23NO6/c1-24-13-6-14-27-16-10-8-15(9-11-16)21-12-5-4-7-17(19(22)25-2)18(21)20(23)26-3/h4-5,7-12H,6,13-14H2,1-3H3. The molecule has 0 spiro atoms. The predicted octanol–water partition coefficient (Wildman–Crippen LogP) is 2.59. The maximum atomic E-state index is 12.4. The monoisotopic (exact) mass is 373 g/mol. The second-order valence-electron chi connectivity index (χ2n) is 5.50. The first-order valence-electron chi connectivity index (χ1n) is 8.39. The van der Waals surface area contributed by atoms with E-state index in [9.17, 15) is 9.59 Å². The summed E-state index contributed by atoms with van der Waals surface area (Å²) in [5.74, 6) is -0.575. The zero-order valence-electron chi connectivity index (χ0n) is 15.6. The van der Waals surface area contributed by atoms with E-state index in [0.29, 0.717) is 24.7 Å². The third-order valence-electron chi connectivity index (χ3n) is 3.77. The number of anilines is 1. The first-order chi connectivity index (χ1) is 13.1. The van der Waals surface area contributed by atoms with Gasteiger partial charge in [-0.3, -0.25) is 0 Å². The molecule has 1 aromatic rings. The van der Waals surface area contributed by atoms with Gasteiger partial charge < -0.3 is 23.8 Å². The fourth-order valence-electron chi connectivity index (χ4n) is 2.46. The molecule has 0 unspecified atom stereocenters. The van der Waals surface area contributed by atoms with Gasteiger partial charge in [-0.15, -0.1) is 0 Å². The molecule has 0 atom stereocenters. The average Bonchev–Trinajstić information content (AvgIpc) is 2.93. The number of ether oxygens (including phenoxy) is 4. The van der Waals surface area contributed by atoms with Gasteiger partial charge in [0.1, 0.15) is 11.4 Å². The zero-order valence-corrected chi connectivity index (χ0v) is 15.6.